The molecule has 0 saturated carbocycles. The molecule has 0 amide bonds. The van der Waals surface area contributed by atoms with Crippen molar-refractivity contribution in [3.8, 4) is 11.1 Å². The molecule has 0 fully saturated rings. The monoisotopic (exact) mass is 326 g/mol. The quantitative estimate of drug-likeness (QED) is 0.400. The molecule has 0 heterocycles. The number of halogens is 1. The third kappa shape index (κ3) is 5.78. The van der Waals surface area contributed by atoms with Crippen LogP contribution in [0.3, 0.4) is 0 Å². The molecule has 0 unspecified atom stereocenters. The third-order valence-electron chi connectivity index (χ3n) is 4.66. The Balaban J connectivity index is 1.89. The van der Waals surface area contributed by atoms with Crippen LogP contribution < -0.4 is 0 Å². The lowest BCUT2D eigenvalue weighted by Crippen LogP contribution is -1.90. The molecule has 24 heavy (non-hydrogen) atoms. The molecular formula is C23H31F. The van der Waals surface area contributed by atoms with Gasteiger partial charge in [-0.3, -0.25) is 0 Å². The number of benzene rings is 2. The molecule has 130 valence electrons. The zero-order valence-electron chi connectivity index (χ0n) is 15.3. The van der Waals surface area contributed by atoms with E-state index in [0.29, 0.717) is 5.56 Å². The highest BCUT2D eigenvalue weighted by Gasteiger charge is 2.06. The maximum Gasteiger partial charge on any atom is 0.131 e. The minimum atomic E-state index is -0.107. The van der Waals surface area contributed by atoms with Crippen LogP contribution in [0, 0.1) is 5.82 Å². The van der Waals surface area contributed by atoms with Crippen molar-refractivity contribution in [2.45, 2.75) is 71.6 Å². The van der Waals surface area contributed by atoms with E-state index in [9.17, 15) is 4.39 Å². The van der Waals surface area contributed by atoms with Gasteiger partial charge in [0.2, 0.25) is 0 Å². The van der Waals surface area contributed by atoms with Crippen LogP contribution in [0.1, 0.15) is 69.9 Å². The standard InChI is InChI=1S/C23H31F/c1-3-5-6-7-8-9-11-19-12-15-21(16-13-19)22-17-14-20(10-4-2)18-23(22)24/h12-18H,3-11H2,1-2H3. The lowest BCUT2D eigenvalue weighted by atomic mass is 9.99. The fourth-order valence-electron chi connectivity index (χ4n) is 3.20. The molecule has 0 saturated heterocycles. The maximum absolute atomic E-state index is 14.3. The summed E-state index contributed by atoms with van der Waals surface area (Å²) in [5.41, 5.74) is 4.12. The van der Waals surface area contributed by atoms with Crippen molar-refractivity contribution >= 4 is 0 Å². The van der Waals surface area contributed by atoms with Crippen molar-refractivity contribution < 1.29 is 4.39 Å². The van der Waals surface area contributed by atoms with Crippen molar-refractivity contribution in [1.82, 2.24) is 0 Å². The highest BCUT2D eigenvalue weighted by Crippen LogP contribution is 2.25. The first-order valence-electron chi connectivity index (χ1n) is 9.62. The first kappa shape index (κ1) is 18.7. The lowest BCUT2D eigenvalue weighted by Gasteiger charge is -2.08. The molecule has 0 aromatic heterocycles. The molecule has 0 aliphatic rings. The van der Waals surface area contributed by atoms with Crippen molar-refractivity contribution in [3.63, 3.8) is 0 Å². The van der Waals surface area contributed by atoms with Gasteiger partial charge in [-0.25, -0.2) is 4.39 Å². The number of unbranched alkanes of at least 4 members (excludes halogenated alkanes) is 5. The molecule has 0 aliphatic heterocycles. The van der Waals surface area contributed by atoms with E-state index in [2.05, 4.69) is 38.1 Å². The van der Waals surface area contributed by atoms with Crippen LogP contribution >= 0.6 is 0 Å². The molecule has 1 heteroatoms. The van der Waals surface area contributed by atoms with Gasteiger partial charge in [0, 0.05) is 5.56 Å². The predicted molar refractivity (Wildman–Crippen MR) is 103 cm³/mol. The number of rotatable bonds is 10. The number of hydrogen-bond donors (Lipinski definition) is 0. The van der Waals surface area contributed by atoms with E-state index in [1.165, 1.54) is 44.1 Å². The van der Waals surface area contributed by atoms with E-state index in [1.807, 2.05) is 12.1 Å². The van der Waals surface area contributed by atoms with Crippen molar-refractivity contribution in [2.75, 3.05) is 0 Å². The Kier molecular flexibility index (Phi) is 8.01. The molecule has 0 aliphatic carbocycles. The molecule has 2 rings (SSSR count). The Morgan fingerprint density at radius 2 is 1.33 bits per heavy atom. The van der Waals surface area contributed by atoms with Crippen molar-refractivity contribution in [3.05, 3.63) is 59.4 Å². The normalized spacial score (nSPS) is 11.0. The molecule has 0 atom stereocenters. The van der Waals surface area contributed by atoms with Crippen LogP contribution in [0.15, 0.2) is 42.5 Å². The Bertz CT molecular complexity index is 598. The Hall–Kier alpha value is -1.63. The van der Waals surface area contributed by atoms with E-state index in [4.69, 9.17) is 0 Å². The summed E-state index contributed by atoms with van der Waals surface area (Å²) >= 11 is 0. The number of hydrogen-bond acceptors (Lipinski definition) is 0. The SMILES string of the molecule is CCCCCCCCc1ccc(-c2ccc(CCC)cc2F)cc1. The molecular weight excluding hydrogens is 295 g/mol. The van der Waals surface area contributed by atoms with E-state index in [1.54, 1.807) is 6.07 Å². The van der Waals surface area contributed by atoms with Gasteiger partial charge in [0.1, 0.15) is 5.82 Å². The van der Waals surface area contributed by atoms with E-state index >= 15 is 0 Å². The fourth-order valence-corrected chi connectivity index (χ4v) is 3.20. The maximum atomic E-state index is 14.3. The summed E-state index contributed by atoms with van der Waals surface area (Å²) in [5.74, 6) is -0.107. The molecule has 2 aromatic rings. The second-order valence-electron chi connectivity index (χ2n) is 6.78. The van der Waals surface area contributed by atoms with E-state index < -0.39 is 0 Å². The first-order chi connectivity index (χ1) is 11.7. The van der Waals surface area contributed by atoms with Gasteiger partial charge in [0.05, 0.1) is 0 Å². The van der Waals surface area contributed by atoms with Crippen LogP contribution in [0.2, 0.25) is 0 Å². The van der Waals surface area contributed by atoms with Gasteiger partial charge < -0.3 is 0 Å². The van der Waals surface area contributed by atoms with Crippen molar-refractivity contribution in [1.29, 1.82) is 0 Å². The second kappa shape index (κ2) is 10.3. The van der Waals surface area contributed by atoms with Crippen LogP contribution in [0.4, 0.5) is 4.39 Å². The Morgan fingerprint density at radius 3 is 2.00 bits per heavy atom. The summed E-state index contributed by atoms with van der Waals surface area (Å²) < 4.78 is 14.3. The average molecular weight is 326 g/mol. The van der Waals surface area contributed by atoms with Crippen molar-refractivity contribution in [2.24, 2.45) is 0 Å². The Morgan fingerprint density at radius 1 is 0.667 bits per heavy atom. The highest BCUT2D eigenvalue weighted by molar-refractivity contribution is 5.64. The second-order valence-corrected chi connectivity index (χ2v) is 6.78. The summed E-state index contributed by atoms with van der Waals surface area (Å²) in [4.78, 5) is 0. The van der Waals surface area contributed by atoms with Gasteiger partial charge in [0.15, 0.2) is 0 Å². The fraction of sp³-hybridized carbons (Fsp3) is 0.478. The van der Waals surface area contributed by atoms with Gasteiger partial charge in [-0.15, -0.1) is 0 Å². The molecule has 0 spiro atoms. The molecule has 0 radical (unpaired) electrons. The Labute approximate surface area is 147 Å². The minimum Gasteiger partial charge on any atom is -0.206 e. The average Bonchev–Trinajstić information content (AvgIpc) is 2.59. The molecule has 0 bridgehead atoms. The van der Waals surface area contributed by atoms with E-state index in [0.717, 1.165) is 30.4 Å². The highest BCUT2D eigenvalue weighted by atomic mass is 19.1. The molecule has 0 N–H and O–H groups in total. The van der Waals surface area contributed by atoms with Crippen LogP contribution in [0.25, 0.3) is 11.1 Å². The van der Waals surface area contributed by atoms with Gasteiger partial charge in [-0.05, 0) is 42.0 Å². The number of aryl methyl sites for hydroxylation is 2. The summed E-state index contributed by atoms with van der Waals surface area (Å²) in [6.45, 7) is 4.37. The minimum absolute atomic E-state index is 0.107. The van der Waals surface area contributed by atoms with Gasteiger partial charge >= 0.3 is 0 Å². The smallest absolute Gasteiger partial charge is 0.131 e. The predicted octanol–water partition coefficient (Wildman–Crippen LogP) is 7.35. The zero-order valence-corrected chi connectivity index (χ0v) is 15.3. The summed E-state index contributed by atoms with van der Waals surface area (Å²) in [6, 6.07) is 14.1. The van der Waals surface area contributed by atoms with Crippen LogP contribution in [-0.4, -0.2) is 0 Å². The van der Waals surface area contributed by atoms with Crippen LogP contribution in [-0.2, 0) is 12.8 Å². The van der Waals surface area contributed by atoms with Gasteiger partial charge in [-0.1, -0.05) is 88.8 Å². The zero-order chi connectivity index (χ0) is 17.2. The summed E-state index contributed by atoms with van der Waals surface area (Å²) in [5, 5.41) is 0. The van der Waals surface area contributed by atoms with Gasteiger partial charge in [0.25, 0.3) is 0 Å². The summed E-state index contributed by atoms with van der Waals surface area (Å²) in [6.07, 6.45) is 11.1. The van der Waals surface area contributed by atoms with Gasteiger partial charge in [-0.2, -0.15) is 0 Å². The third-order valence-corrected chi connectivity index (χ3v) is 4.66. The molecule has 2 aromatic carbocycles. The largest absolute Gasteiger partial charge is 0.206 e. The van der Waals surface area contributed by atoms with Crippen LogP contribution in [0.5, 0.6) is 0 Å². The summed E-state index contributed by atoms with van der Waals surface area (Å²) in [7, 11) is 0. The first-order valence-corrected chi connectivity index (χ1v) is 9.62. The topological polar surface area (TPSA) is 0 Å². The molecule has 0 nitrogen and oxygen atoms in total. The lowest BCUT2D eigenvalue weighted by molar-refractivity contribution is 0.607. The van der Waals surface area contributed by atoms with E-state index in [-0.39, 0.29) is 5.82 Å².